The number of fused-ring (bicyclic) bond motifs is 2. The Morgan fingerprint density at radius 2 is 2.04 bits per heavy atom. The zero-order valence-corrected chi connectivity index (χ0v) is 14.3. The Morgan fingerprint density at radius 1 is 1.28 bits per heavy atom. The lowest BCUT2D eigenvalue weighted by Gasteiger charge is -2.18. The summed E-state index contributed by atoms with van der Waals surface area (Å²) in [6.07, 6.45) is 2.66. The van der Waals surface area contributed by atoms with E-state index in [0.717, 1.165) is 12.8 Å². The molecular formula is C19H22N2O4. The van der Waals surface area contributed by atoms with Crippen LogP contribution in [0, 0.1) is 5.41 Å². The van der Waals surface area contributed by atoms with Gasteiger partial charge in [0.1, 0.15) is 5.75 Å². The minimum absolute atomic E-state index is 0.0472. The molecule has 1 aliphatic rings. The molecule has 0 aromatic heterocycles. The highest BCUT2D eigenvalue weighted by Crippen LogP contribution is 2.18. The van der Waals surface area contributed by atoms with E-state index in [-0.39, 0.29) is 11.3 Å². The van der Waals surface area contributed by atoms with Crippen LogP contribution in [0.4, 0.5) is 0 Å². The van der Waals surface area contributed by atoms with Gasteiger partial charge in [0.15, 0.2) is 5.78 Å². The van der Waals surface area contributed by atoms with E-state index in [1.54, 1.807) is 24.3 Å². The molecule has 1 aromatic rings. The number of hydrogen-bond acceptors (Lipinski definition) is 5. The maximum absolute atomic E-state index is 12.4. The summed E-state index contributed by atoms with van der Waals surface area (Å²) in [5.41, 5.74) is 0.397. The quantitative estimate of drug-likeness (QED) is 0.636. The Balaban J connectivity index is 2.27. The molecule has 2 N–H and O–H groups in total. The minimum atomic E-state index is -0.884. The van der Waals surface area contributed by atoms with Gasteiger partial charge in [-0.05, 0) is 31.4 Å². The lowest BCUT2D eigenvalue weighted by atomic mass is 9.99. The summed E-state index contributed by atoms with van der Waals surface area (Å²) in [5, 5.41) is 10.7. The van der Waals surface area contributed by atoms with Crippen LogP contribution >= 0.6 is 0 Å². The van der Waals surface area contributed by atoms with E-state index in [1.165, 1.54) is 6.92 Å². The molecule has 2 rings (SSSR count). The first-order valence-corrected chi connectivity index (χ1v) is 8.27. The smallest absolute Gasteiger partial charge is 0.253 e. The van der Waals surface area contributed by atoms with Crippen molar-refractivity contribution in [2.75, 3.05) is 6.61 Å². The fourth-order valence-corrected chi connectivity index (χ4v) is 2.61. The number of ether oxygens (including phenoxy) is 1. The third-order valence-corrected chi connectivity index (χ3v) is 4.07. The van der Waals surface area contributed by atoms with Crippen molar-refractivity contribution in [2.24, 2.45) is 0 Å². The van der Waals surface area contributed by atoms with Crippen LogP contribution in [0.1, 0.15) is 38.2 Å². The van der Waals surface area contributed by atoms with E-state index in [1.807, 2.05) is 0 Å². The molecule has 0 unspecified atom stereocenters. The van der Waals surface area contributed by atoms with Gasteiger partial charge in [-0.2, -0.15) is 0 Å². The summed E-state index contributed by atoms with van der Waals surface area (Å²) >= 11 is 0. The van der Waals surface area contributed by atoms with Gasteiger partial charge >= 0.3 is 0 Å². The molecule has 0 aliphatic carbocycles. The number of ketones is 2. The van der Waals surface area contributed by atoms with Gasteiger partial charge in [0.2, 0.25) is 5.78 Å². The van der Waals surface area contributed by atoms with Gasteiger partial charge in [0.25, 0.3) is 5.91 Å². The normalized spacial score (nSPS) is 19.4. The number of rotatable bonds is 2. The van der Waals surface area contributed by atoms with E-state index >= 15 is 0 Å². The second kappa shape index (κ2) is 8.37. The summed E-state index contributed by atoms with van der Waals surface area (Å²) in [7, 11) is 0. The zero-order chi connectivity index (χ0) is 18.4. The Labute approximate surface area is 146 Å². The number of benzene rings is 1. The van der Waals surface area contributed by atoms with Crippen LogP contribution in [-0.4, -0.2) is 35.8 Å². The Bertz CT molecular complexity index is 724. The predicted molar refractivity (Wildman–Crippen MR) is 94.0 cm³/mol. The SMILES string of the molecule is C=C1C(=N)c2cccc(c2)OCCCCC[C@@H](C(=O)C(C)=O)NC1=O. The van der Waals surface area contributed by atoms with Crippen molar-refractivity contribution in [3.63, 3.8) is 0 Å². The van der Waals surface area contributed by atoms with E-state index in [2.05, 4.69) is 11.9 Å². The second-order valence-electron chi connectivity index (χ2n) is 6.03. The van der Waals surface area contributed by atoms with Crippen molar-refractivity contribution >= 4 is 23.2 Å². The molecular weight excluding hydrogens is 320 g/mol. The first-order valence-electron chi connectivity index (χ1n) is 8.27. The average molecular weight is 342 g/mol. The van der Waals surface area contributed by atoms with Crippen molar-refractivity contribution in [3.05, 3.63) is 42.0 Å². The summed E-state index contributed by atoms with van der Waals surface area (Å²) in [4.78, 5) is 35.8. The molecule has 25 heavy (non-hydrogen) atoms. The molecule has 0 spiro atoms. The third-order valence-electron chi connectivity index (χ3n) is 4.07. The molecule has 6 heteroatoms. The fraction of sp³-hybridized carbons (Fsp3) is 0.368. The number of nitrogens with one attached hydrogen (secondary N) is 2. The summed E-state index contributed by atoms with van der Waals surface area (Å²) in [6.45, 7) is 5.38. The largest absolute Gasteiger partial charge is 0.494 e. The van der Waals surface area contributed by atoms with Crippen LogP contribution in [0.2, 0.25) is 0 Å². The monoisotopic (exact) mass is 342 g/mol. The van der Waals surface area contributed by atoms with Crippen molar-refractivity contribution in [3.8, 4) is 5.75 Å². The third kappa shape index (κ3) is 4.86. The maximum atomic E-state index is 12.4. The van der Waals surface area contributed by atoms with Crippen molar-refractivity contribution in [1.82, 2.24) is 5.32 Å². The molecule has 0 saturated carbocycles. The van der Waals surface area contributed by atoms with Gasteiger partial charge in [0, 0.05) is 12.5 Å². The fourth-order valence-electron chi connectivity index (χ4n) is 2.61. The van der Waals surface area contributed by atoms with Gasteiger partial charge in [0.05, 0.1) is 23.9 Å². The van der Waals surface area contributed by atoms with E-state index < -0.39 is 23.5 Å². The number of Topliss-reactive ketones (excluding diaryl/α,β-unsaturated/α-hetero) is 2. The van der Waals surface area contributed by atoms with E-state index in [0.29, 0.717) is 30.8 Å². The van der Waals surface area contributed by atoms with Crippen molar-refractivity contribution < 1.29 is 19.1 Å². The summed E-state index contributed by atoms with van der Waals surface area (Å²) in [6, 6.07) is 6.04. The first kappa shape index (κ1) is 18.6. The molecule has 1 aromatic carbocycles. The van der Waals surface area contributed by atoms with Gasteiger partial charge in [-0.1, -0.05) is 25.1 Å². The average Bonchev–Trinajstić information content (AvgIpc) is 2.60. The van der Waals surface area contributed by atoms with E-state index in [9.17, 15) is 14.4 Å². The topological polar surface area (TPSA) is 96.3 Å². The van der Waals surface area contributed by atoms with Gasteiger partial charge in [-0.15, -0.1) is 0 Å². The molecule has 6 nitrogen and oxygen atoms in total. The highest BCUT2D eigenvalue weighted by molar-refractivity contribution is 6.39. The first-order chi connectivity index (χ1) is 11.9. The Hall–Kier alpha value is -2.76. The Kier molecular flexibility index (Phi) is 6.22. The molecule has 1 atom stereocenters. The number of hydrogen-bond donors (Lipinski definition) is 2. The minimum Gasteiger partial charge on any atom is -0.494 e. The van der Waals surface area contributed by atoms with Crippen molar-refractivity contribution in [2.45, 2.75) is 38.6 Å². The lowest BCUT2D eigenvalue weighted by Crippen LogP contribution is -2.44. The van der Waals surface area contributed by atoms with Crippen LogP contribution in [0.5, 0.6) is 5.75 Å². The van der Waals surface area contributed by atoms with Crippen LogP contribution < -0.4 is 10.1 Å². The number of carbonyl (C=O) groups is 3. The van der Waals surface area contributed by atoms with Gasteiger partial charge in [-0.25, -0.2) is 0 Å². The predicted octanol–water partition coefficient (Wildman–Crippen LogP) is 2.21. The zero-order valence-electron chi connectivity index (χ0n) is 14.3. The number of carbonyl (C=O) groups excluding carboxylic acids is 3. The standard InChI is InChI=1S/C19H22N2O4/c1-12-17(20)14-7-6-8-15(11-14)25-10-5-3-4-9-16(21-19(12)24)18(23)13(2)22/h6-8,11,16,20H,1,3-5,9-10H2,2H3,(H,21,24)/t16-/m0/s1. The van der Waals surface area contributed by atoms with Crippen LogP contribution in [0.15, 0.2) is 36.4 Å². The second-order valence-corrected chi connectivity index (χ2v) is 6.03. The molecule has 1 heterocycles. The molecule has 1 aliphatic heterocycles. The van der Waals surface area contributed by atoms with Crippen LogP contribution in [0.3, 0.4) is 0 Å². The summed E-state index contributed by atoms with van der Waals surface area (Å²) < 4.78 is 5.67. The molecule has 0 saturated heterocycles. The van der Waals surface area contributed by atoms with E-state index in [4.69, 9.17) is 10.1 Å². The lowest BCUT2D eigenvalue weighted by molar-refractivity contribution is -0.137. The highest BCUT2D eigenvalue weighted by atomic mass is 16.5. The molecule has 132 valence electrons. The summed E-state index contributed by atoms with van der Waals surface area (Å²) in [5.74, 6) is -1.20. The maximum Gasteiger partial charge on any atom is 0.253 e. The molecule has 2 bridgehead atoms. The molecule has 1 amide bonds. The van der Waals surface area contributed by atoms with Crippen LogP contribution in [-0.2, 0) is 14.4 Å². The number of amides is 1. The molecule has 0 fully saturated rings. The molecule has 0 radical (unpaired) electrons. The Morgan fingerprint density at radius 3 is 2.76 bits per heavy atom. The van der Waals surface area contributed by atoms with Crippen LogP contribution in [0.25, 0.3) is 0 Å². The van der Waals surface area contributed by atoms with Crippen molar-refractivity contribution in [1.29, 1.82) is 5.41 Å². The van der Waals surface area contributed by atoms with Gasteiger partial charge < -0.3 is 10.1 Å². The van der Waals surface area contributed by atoms with Gasteiger partial charge in [-0.3, -0.25) is 19.8 Å². The highest BCUT2D eigenvalue weighted by Gasteiger charge is 2.26.